The van der Waals surface area contributed by atoms with Crippen LogP contribution in [0, 0.1) is 0 Å². The molecule has 4 nitrogen and oxygen atoms in total. The van der Waals surface area contributed by atoms with Gasteiger partial charge in [0, 0.05) is 11.1 Å². The predicted octanol–water partition coefficient (Wildman–Crippen LogP) is 1.66. The number of quaternary nitrogens is 2. The number of hydrogen-bond acceptors (Lipinski definition) is 2. The molecule has 4 heteroatoms. The van der Waals surface area contributed by atoms with Gasteiger partial charge in [-0.15, -0.1) is 0 Å². The third-order valence-electron chi connectivity index (χ3n) is 6.11. The lowest BCUT2D eigenvalue weighted by molar-refractivity contribution is -1.02. The highest BCUT2D eigenvalue weighted by Crippen LogP contribution is 2.18. The molecule has 3 aromatic rings. The maximum atomic E-state index is 5.82. The standard InChI is InChI=1S/C27H32N2O2/c1-4-10-24(11-5-1)27(25-12-6-2-7-13-25)29-18-16-28(17-19-29)20-21-30-22-23-31-26-14-8-3-9-15-26/h1-15,27H,16-23H2/p+2. The molecule has 31 heavy (non-hydrogen) atoms. The van der Waals surface area contributed by atoms with Crippen molar-refractivity contribution >= 4 is 0 Å². The molecule has 1 heterocycles. The van der Waals surface area contributed by atoms with Crippen LogP contribution in [-0.2, 0) is 4.74 Å². The zero-order valence-electron chi connectivity index (χ0n) is 18.2. The molecular weight excluding hydrogens is 384 g/mol. The summed E-state index contributed by atoms with van der Waals surface area (Å²) in [7, 11) is 0. The molecule has 1 aliphatic heterocycles. The number of para-hydroxylation sites is 1. The Hall–Kier alpha value is -2.66. The van der Waals surface area contributed by atoms with Crippen molar-refractivity contribution in [1.29, 1.82) is 0 Å². The van der Waals surface area contributed by atoms with E-state index >= 15 is 0 Å². The van der Waals surface area contributed by atoms with E-state index in [2.05, 4.69) is 60.7 Å². The van der Waals surface area contributed by atoms with Crippen LogP contribution in [0.25, 0.3) is 0 Å². The topological polar surface area (TPSA) is 27.3 Å². The summed E-state index contributed by atoms with van der Waals surface area (Å²) in [6, 6.07) is 32.3. The number of rotatable bonds is 10. The van der Waals surface area contributed by atoms with Crippen LogP contribution >= 0.6 is 0 Å². The van der Waals surface area contributed by atoms with Gasteiger partial charge in [-0.25, -0.2) is 0 Å². The van der Waals surface area contributed by atoms with Crippen molar-refractivity contribution in [3.05, 3.63) is 102 Å². The molecule has 2 N–H and O–H groups in total. The summed E-state index contributed by atoms with van der Waals surface area (Å²) in [6.07, 6.45) is 0. The van der Waals surface area contributed by atoms with E-state index in [0.29, 0.717) is 19.3 Å². The molecule has 3 aromatic carbocycles. The molecule has 1 aliphatic rings. The maximum Gasteiger partial charge on any atom is 0.139 e. The van der Waals surface area contributed by atoms with Crippen molar-refractivity contribution in [2.45, 2.75) is 6.04 Å². The first-order valence-corrected chi connectivity index (χ1v) is 11.4. The molecule has 162 valence electrons. The van der Waals surface area contributed by atoms with Gasteiger partial charge in [0.2, 0.25) is 0 Å². The van der Waals surface area contributed by atoms with Gasteiger partial charge in [0.05, 0.1) is 13.2 Å². The first-order chi connectivity index (χ1) is 15.4. The number of hydrogen-bond donors (Lipinski definition) is 2. The summed E-state index contributed by atoms with van der Waals surface area (Å²) in [5.41, 5.74) is 2.82. The van der Waals surface area contributed by atoms with Crippen LogP contribution in [0.4, 0.5) is 0 Å². The number of nitrogens with one attached hydrogen (secondary N) is 2. The van der Waals surface area contributed by atoms with Crippen molar-refractivity contribution < 1.29 is 19.3 Å². The Balaban J connectivity index is 1.21. The van der Waals surface area contributed by atoms with Crippen molar-refractivity contribution in [3.63, 3.8) is 0 Å². The Labute approximate surface area is 186 Å². The molecule has 0 saturated carbocycles. The summed E-state index contributed by atoms with van der Waals surface area (Å²) in [5, 5.41) is 0. The largest absolute Gasteiger partial charge is 0.491 e. The van der Waals surface area contributed by atoms with Crippen LogP contribution in [-0.4, -0.2) is 52.5 Å². The van der Waals surface area contributed by atoms with Gasteiger partial charge in [0.1, 0.15) is 51.1 Å². The molecule has 1 fully saturated rings. The molecule has 0 spiro atoms. The normalized spacial score (nSPS) is 18.7. The predicted molar refractivity (Wildman–Crippen MR) is 124 cm³/mol. The van der Waals surface area contributed by atoms with E-state index in [-0.39, 0.29) is 0 Å². The first kappa shape index (κ1) is 21.6. The van der Waals surface area contributed by atoms with Crippen LogP contribution in [0.1, 0.15) is 17.2 Å². The smallest absolute Gasteiger partial charge is 0.139 e. The fourth-order valence-electron chi connectivity index (χ4n) is 4.47. The van der Waals surface area contributed by atoms with Gasteiger partial charge in [0.25, 0.3) is 0 Å². The molecule has 1 saturated heterocycles. The lowest BCUT2D eigenvalue weighted by atomic mass is 9.96. The van der Waals surface area contributed by atoms with Crippen LogP contribution in [0.5, 0.6) is 5.75 Å². The molecule has 0 aliphatic carbocycles. The quantitative estimate of drug-likeness (QED) is 0.490. The van der Waals surface area contributed by atoms with Crippen LogP contribution in [0.2, 0.25) is 0 Å². The average molecular weight is 419 g/mol. The second kappa shape index (κ2) is 11.7. The third kappa shape index (κ3) is 6.41. The number of benzene rings is 3. The van der Waals surface area contributed by atoms with Crippen molar-refractivity contribution in [3.8, 4) is 5.75 Å². The van der Waals surface area contributed by atoms with Gasteiger partial charge in [0.15, 0.2) is 0 Å². The summed E-state index contributed by atoms with van der Waals surface area (Å²) < 4.78 is 11.5. The zero-order chi connectivity index (χ0) is 21.1. The minimum atomic E-state index is 0.412. The second-order valence-corrected chi connectivity index (χ2v) is 8.19. The molecule has 4 rings (SSSR count). The minimum Gasteiger partial charge on any atom is -0.491 e. The molecule has 0 amide bonds. The van der Waals surface area contributed by atoms with Crippen molar-refractivity contribution in [2.24, 2.45) is 0 Å². The molecule has 0 bridgehead atoms. The molecule has 0 unspecified atom stereocenters. The SMILES string of the molecule is c1ccc(OCCOCC[NH+]2CC[NH+](C(c3ccccc3)c3ccccc3)CC2)cc1. The van der Waals surface area contributed by atoms with E-state index in [4.69, 9.17) is 9.47 Å². The Morgan fingerprint density at radius 3 is 1.74 bits per heavy atom. The molecule has 0 aromatic heterocycles. The second-order valence-electron chi connectivity index (χ2n) is 8.19. The molecule has 0 atom stereocenters. The van der Waals surface area contributed by atoms with Gasteiger partial charge < -0.3 is 19.3 Å². The monoisotopic (exact) mass is 418 g/mol. The van der Waals surface area contributed by atoms with Gasteiger partial charge in [-0.3, -0.25) is 0 Å². The first-order valence-electron chi connectivity index (χ1n) is 11.4. The maximum absolute atomic E-state index is 5.82. The average Bonchev–Trinajstić information content (AvgIpc) is 2.84. The summed E-state index contributed by atoms with van der Waals surface area (Å²) in [5.74, 6) is 0.905. The van der Waals surface area contributed by atoms with Gasteiger partial charge in [-0.05, 0) is 12.1 Å². The Morgan fingerprint density at radius 2 is 1.16 bits per heavy atom. The third-order valence-corrected chi connectivity index (χ3v) is 6.11. The highest BCUT2D eigenvalue weighted by molar-refractivity contribution is 5.29. The number of piperazine rings is 1. The van der Waals surface area contributed by atoms with Crippen LogP contribution in [0.3, 0.4) is 0 Å². The zero-order valence-corrected chi connectivity index (χ0v) is 18.2. The highest BCUT2D eigenvalue weighted by atomic mass is 16.5. The summed E-state index contributed by atoms with van der Waals surface area (Å²) in [4.78, 5) is 3.31. The fraction of sp³-hybridized carbons (Fsp3) is 0.333. The lowest BCUT2D eigenvalue weighted by Gasteiger charge is -2.35. The molecular formula is C27H34N2O2+2. The van der Waals surface area contributed by atoms with E-state index in [9.17, 15) is 0 Å². The Kier molecular flexibility index (Phi) is 8.11. The van der Waals surface area contributed by atoms with E-state index in [1.54, 1.807) is 9.80 Å². The van der Waals surface area contributed by atoms with Crippen LogP contribution in [0.15, 0.2) is 91.0 Å². The number of ether oxygens (including phenoxy) is 2. The van der Waals surface area contributed by atoms with Gasteiger partial charge in [-0.2, -0.15) is 0 Å². The molecule has 0 radical (unpaired) electrons. The van der Waals surface area contributed by atoms with Gasteiger partial charge in [-0.1, -0.05) is 78.9 Å². The van der Waals surface area contributed by atoms with E-state index in [1.807, 2.05) is 30.3 Å². The van der Waals surface area contributed by atoms with E-state index < -0.39 is 0 Å². The van der Waals surface area contributed by atoms with Crippen LogP contribution < -0.4 is 14.5 Å². The van der Waals surface area contributed by atoms with Gasteiger partial charge >= 0.3 is 0 Å². The van der Waals surface area contributed by atoms with Crippen molar-refractivity contribution in [2.75, 3.05) is 52.5 Å². The Bertz CT molecular complexity index is 826. The summed E-state index contributed by atoms with van der Waals surface area (Å²) >= 11 is 0. The van der Waals surface area contributed by atoms with E-state index in [0.717, 1.165) is 18.9 Å². The minimum absolute atomic E-state index is 0.412. The fourth-order valence-corrected chi connectivity index (χ4v) is 4.47. The summed E-state index contributed by atoms with van der Waals surface area (Å²) in [6.45, 7) is 7.85. The van der Waals surface area contributed by atoms with E-state index in [1.165, 1.54) is 37.3 Å². The Morgan fingerprint density at radius 1 is 0.613 bits per heavy atom. The van der Waals surface area contributed by atoms with Crippen molar-refractivity contribution in [1.82, 2.24) is 0 Å². The highest BCUT2D eigenvalue weighted by Gasteiger charge is 2.31. The lowest BCUT2D eigenvalue weighted by Crippen LogP contribution is -3.28.